The van der Waals surface area contributed by atoms with E-state index in [0.29, 0.717) is 0 Å². The van der Waals surface area contributed by atoms with E-state index < -0.39 is 6.10 Å². The molecule has 2 heterocycles. The minimum atomic E-state index is -0.738. The van der Waals surface area contributed by atoms with Gasteiger partial charge in [-0.3, -0.25) is 4.68 Å². The molecule has 5 nitrogen and oxygen atoms in total. The number of hydrogen-bond donors (Lipinski definition) is 1. The lowest BCUT2D eigenvalue weighted by Gasteiger charge is -2.15. The van der Waals surface area contributed by atoms with Crippen molar-refractivity contribution in [2.24, 2.45) is 0 Å². The van der Waals surface area contributed by atoms with Crippen LogP contribution in [0.1, 0.15) is 23.1 Å². The third-order valence-electron chi connectivity index (χ3n) is 3.04. The Hall–Kier alpha value is -1.11. The molecular formula is C13H18BrN3O2. The van der Waals surface area contributed by atoms with E-state index in [4.69, 9.17) is 4.42 Å². The zero-order valence-corrected chi connectivity index (χ0v) is 12.9. The molecule has 0 aliphatic carbocycles. The molecule has 2 rings (SSSR count). The van der Waals surface area contributed by atoms with Crippen LogP contribution in [0.5, 0.6) is 0 Å². The van der Waals surface area contributed by atoms with Gasteiger partial charge in [0.05, 0.1) is 29.2 Å². The first-order chi connectivity index (χ1) is 9.00. The predicted octanol–water partition coefficient (Wildman–Crippen LogP) is 2.19. The van der Waals surface area contributed by atoms with Gasteiger partial charge in [-0.2, -0.15) is 5.10 Å². The highest BCUT2D eigenvalue weighted by Crippen LogP contribution is 2.30. The molecule has 2 aromatic heterocycles. The molecule has 0 aliphatic heterocycles. The van der Waals surface area contributed by atoms with Crippen molar-refractivity contribution in [2.75, 3.05) is 20.6 Å². The smallest absolute Gasteiger partial charge is 0.125 e. The number of aliphatic hydroxyl groups is 1. The van der Waals surface area contributed by atoms with Crippen molar-refractivity contribution < 1.29 is 9.52 Å². The molecule has 0 saturated carbocycles. The summed E-state index contributed by atoms with van der Waals surface area (Å²) in [5, 5.41) is 14.8. The number of furan rings is 1. The van der Waals surface area contributed by atoms with Gasteiger partial charge in [0.1, 0.15) is 11.9 Å². The molecule has 0 bridgehead atoms. The van der Waals surface area contributed by atoms with Crippen molar-refractivity contribution in [3.8, 4) is 0 Å². The van der Waals surface area contributed by atoms with Crippen LogP contribution in [0.4, 0.5) is 0 Å². The molecule has 6 heteroatoms. The van der Waals surface area contributed by atoms with E-state index in [2.05, 4.69) is 25.9 Å². The molecule has 0 saturated heterocycles. The summed E-state index contributed by atoms with van der Waals surface area (Å²) >= 11 is 3.45. The Bertz CT molecular complexity index is 548. The second-order valence-electron chi connectivity index (χ2n) is 4.74. The minimum Gasteiger partial charge on any atom is -0.469 e. The monoisotopic (exact) mass is 327 g/mol. The number of halogens is 1. The standard InChI is InChI=1S/C13H18BrN3O2/c1-9-10(4-7-19-9)13(18)12-11(14)8-15-17(12)6-5-16(2)3/h4,7-8,13,18H,5-6H2,1-3H3. The van der Waals surface area contributed by atoms with Gasteiger partial charge in [-0.15, -0.1) is 0 Å². The lowest BCUT2D eigenvalue weighted by molar-refractivity contribution is 0.202. The Morgan fingerprint density at radius 1 is 1.53 bits per heavy atom. The number of aromatic nitrogens is 2. The van der Waals surface area contributed by atoms with Gasteiger partial charge in [0.2, 0.25) is 0 Å². The maximum atomic E-state index is 10.5. The zero-order chi connectivity index (χ0) is 14.0. The number of aliphatic hydroxyl groups excluding tert-OH is 1. The molecule has 2 aromatic rings. The van der Waals surface area contributed by atoms with Gasteiger partial charge in [-0.1, -0.05) is 0 Å². The SMILES string of the molecule is Cc1occc1C(O)c1c(Br)cnn1CCN(C)C. The van der Waals surface area contributed by atoms with E-state index in [0.717, 1.165) is 34.6 Å². The minimum absolute atomic E-state index is 0.722. The van der Waals surface area contributed by atoms with Crippen LogP contribution in [0, 0.1) is 6.92 Å². The molecule has 0 fully saturated rings. The van der Waals surface area contributed by atoms with Gasteiger partial charge >= 0.3 is 0 Å². The van der Waals surface area contributed by atoms with Gasteiger partial charge in [0.15, 0.2) is 0 Å². The van der Waals surface area contributed by atoms with E-state index in [9.17, 15) is 5.11 Å². The fourth-order valence-electron chi connectivity index (χ4n) is 1.94. The topological polar surface area (TPSA) is 54.4 Å². The van der Waals surface area contributed by atoms with Crippen molar-refractivity contribution in [2.45, 2.75) is 19.6 Å². The number of likely N-dealkylation sites (N-methyl/N-ethyl adjacent to an activating group) is 1. The fourth-order valence-corrected chi connectivity index (χ4v) is 2.46. The average Bonchev–Trinajstić information content (AvgIpc) is 2.92. The molecule has 1 unspecified atom stereocenters. The third kappa shape index (κ3) is 3.08. The molecule has 1 N–H and O–H groups in total. The van der Waals surface area contributed by atoms with E-state index in [1.165, 1.54) is 0 Å². The van der Waals surface area contributed by atoms with Crippen molar-refractivity contribution in [3.63, 3.8) is 0 Å². The summed E-state index contributed by atoms with van der Waals surface area (Å²) in [5.74, 6) is 0.722. The summed E-state index contributed by atoms with van der Waals surface area (Å²) in [4.78, 5) is 2.08. The molecule has 1 atom stereocenters. The van der Waals surface area contributed by atoms with E-state index >= 15 is 0 Å². The van der Waals surface area contributed by atoms with E-state index in [1.807, 2.05) is 25.7 Å². The number of rotatable bonds is 5. The maximum Gasteiger partial charge on any atom is 0.125 e. The lowest BCUT2D eigenvalue weighted by Crippen LogP contribution is -2.21. The summed E-state index contributed by atoms with van der Waals surface area (Å²) < 4.78 is 7.87. The Morgan fingerprint density at radius 3 is 2.84 bits per heavy atom. The summed E-state index contributed by atoms with van der Waals surface area (Å²) in [6.45, 7) is 3.42. The van der Waals surface area contributed by atoms with Crippen LogP contribution in [-0.2, 0) is 6.54 Å². The van der Waals surface area contributed by atoms with Crippen LogP contribution in [0.15, 0.2) is 27.4 Å². The molecule has 0 amide bonds. The molecule has 0 radical (unpaired) electrons. The van der Waals surface area contributed by atoms with Crippen LogP contribution in [0.3, 0.4) is 0 Å². The second kappa shape index (κ2) is 5.90. The molecule has 0 aromatic carbocycles. The molecule has 19 heavy (non-hydrogen) atoms. The van der Waals surface area contributed by atoms with Crippen LogP contribution in [0.25, 0.3) is 0 Å². The quantitative estimate of drug-likeness (QED) is 0.914. The van der Waals surface area contributed by atoms with Gasteiger partial charge in [0, 0.05) is 12.1 Å². The summed E-state index contributed by atoms with van der Waals surface area (Å²) in [6.07, 6.45) is 2.56. The van der Waals surface area contributed by atoms with Gasteiger partial charge in [-0.25, -0.2) is 0 Å². The molecule has 0 aliphatic rings. The Labute approximate surface area is 121 Å². The maximum absolute atomic E-state index is 10.5. The number of nitrogens with zero attached hydrogens (tertiary/aromatic N) is 3. The van der Waals surface area contributed by atoms with Crippen LogP contribution < -0.4 is 0 Å². The van der Waals surface area contributed by atoms with Crippen molar-refractivity contribution in [1.82, 2.24) is 14.7 Å². The van der Waals surface area contributed by atoms with Crippen molar-refractivity contribution in [1.29, 1.82) is 0 Å². The zero-order valence-electron chi connectivity index (χ0n) is 11.3. The van der Waals surface area contributed by atoms with Gasteiger partial charge < -0.3 is 14.4 Å². The van der Waals surface area contributed by atoms with Gasteiger partial charge in [0.25, 0.3) is 0 Å². The normalized spacial score (nSPS) is 13.2. The Morgan fingerprint density at radius 2 is 2.26 bits per heavy atom. The summed E-state index contributed by atoms with van der Waals surface area (Å²) in [6, 6.07) is 1.79. The molecular weight excluding hydrogens is 310 g/mol. The van der Waals surface area contributed by atoms with Crippen LogP contribution in [0.2, 0.25) is 0 Å². The number of aryl methyl sites for hydroxylation is 1. The highest BCUT2D eigenvalue weighted by atomic mass is 79.9. The summed E-state index contributed by atoms with van der Waals surface area (Å²) in [7, 11) is 4.02. The molecule has 0 spiro atoms. The van der Waals surface area contributed by atoms with Crippen LogP contribution >= 0.6 is 15.9 Å². The molecule has 104 valence electrons. The van der Waals surface area contributed by atoms with E-state index in [1.54, 1.807) is 18.5 Å². The second-order valence-corrected chi connectivity index (χ2v) is 5.59. The van der Waals surface area contributed by atoms with E-state index in [-0.39, 0.29) is 0 Å². The highest BCUT2D eigenvalue weighted by Gasteiger charge is 2.22. The fraction of sp³-hybridized carbons (Fsp3) is 0.462. The van der Waals surface area contributed by atoms with Gasteiger partial charge in [-0.05, 0) is 43.0 Å². The average molecular weight is 328 g/mol. The third-order valence-corrected chi connectivity index (χ3v) is 3.66. The highest BCUT2D eigenvalue weighted by molar-refractivity contribution is 9.10. The first kappa shape index (κ1) is 14.3. The van der Waals surface area contributed by atoms with Crippen molar-refractivity contribution in [3.05, 3.63) is 40.0 Å². The number of hydrogen-bond acceptors (Lipinski definition) is 4. The summed E-state index contributed by atoms with van der Waals surface area (Å²) in [5.41, 5.74) is 1.53. The Balaban J connectivity index is 2.28. The predicted molar refractivity (Wildman–Crippen MR) is 76.0 cm³/mol. The van der Waals surface area contributed by atoms with Crippen molar-refractivity contribution >= 4 is 15.9 Å². The lowest BCUT2D eigenvalue weighted by atomic mass is 10.1. The first-order valence-electron chi connectivity index (χ1n) is 6.08. The first-order valence-corrected chi connectivity index (χ1v) is 6.88. The largest absolute Gasteiger partial charge is 0.469 e. The van der Waals surface area contributed by atoms with Crippen LogP contribution in [-0.4, -0.2) is 40.4 Å². The Kier molecular flexibility index (Phi) is 4.44.